The van der Waals surface area contributed by atoms with E-state index in [9.17, 15) is 18.0 Å². The van der Waals surface area contributed by atoms with E-state index in [4.69, 9.17) is 11.6 Å². The monoisotopic (exact) mass is 366 g/mol. The quantitative estimate of drug-likeness (QED) is 0.641. The molecular formula is C18H14ClF3N2O. The van der Waals surface area contributed by atoms with Crippen LogP contribution >= 0.6 is 11.6 Å². The Morgan fingerprint density at radius 3 is 2.44 bits per heavy atom. The first kappa shape index (κ1) is 17.4. The smallest absolute Gasteiger partial charge is 0.285 e. The highest BCUT2D eigenvalue weighted by molar-refractivity contribution is 6.30. The van der Waals surface area contributed by atoms with Gasteiger partial charge in [0.2, 0.25) is 0 Å². The molecule has 1 heterocycles. The van der Waals surface area contributed by atoms with Crippen LogP contribution in [0.15, 0.2) is 59.5 Å². The van der Waals surface area contributed by atoms with Crippen molar-refractivity contribution in [3.8, 4) is 16.8 Å². The number of hydrogen-bond acceptors (Lipinski definition) is 1. The zero-order valence-electron chi connectivity index (χ0n) is 13.2. The Kier molecular flexibility index (Phi) is 4.47. The van der Waals surface area contributed by atoms with E-state index in [0.29, 0.717) is 22.7 Å². The van der Waals surface area contributed by atoms with Crippen molar-refractivity contribution in [2.75, 3.05) is 0 Å². The Morgan fingerprint density at radius 1 is 1.08 bits per heavy atom. The van der Waals surface area contributed by atoms with E-state index in [1.54, 1.807) is 35.1 Å². The molecule has 0 aliphatic rings. The third-order valence-electron chi connectivity index (χ3n) is 3.84. The van der Waals surface area contributed by atoms with Crippen LogP contribution in [0, 0.1) is 0 Å². The summed E-state index contributed by atoms with van der Waals surface area (Å²) in [5.74, 6) is 0. The van der Waals surface area contributed by atoms with E-state index in [1.165, 1.54) is 16.8 Å². The average Bonchev–Trinajstić information content (AvgIpc) is 2.91. The first-order valence-corrected chi connectivity index (χ1v) is 7.95. The fourth-order valence-electron chi connectivity index (χ4n) is 2.66. The zero-order chi connectivity index (χ0) is 18.2. The molecule has 0 aliphatic heterocycles. The van der Waals surface area contributed by atoms with Crippen LogP contribution in [0.3, 0.4) is 0 Å². The fraction of sp³-hybridized carbons (Fsp3) is 0.167. The molecule has 0 radical (unpaired) electrons. The molecule has 0 saturated heterocycles. The largest absolute Gasteiger partial charge is 0.416 e. The molecule has 3 aromatic rings. The lowest BCUT2D eigenvalue weighted by Gasteiger charge is -2.12. The number of nitrogens with zero attached hydrogens (tertiary/aromatic N) is 2. The van der Waals surface area contributed by atoms with Crippen LogP contribution in [-0.2, 0) is 12.7 Å². The molecule has 0 atom stereocenters. The second-order valence-corrected chi connectivity index (χ2v) is 5.91. The molecule has 0 fully saturated rings. The van der Waals surface area contributed by atoms with Crippen LogP contribution in [0.4, 0.5) is 13.2 Å². The molecule has 7 heteroatoms. The first-order chi connectivity index (χ1) is 11.8. The number of aryl methyl sites for hydroxylation is 1. The second kappa shape index (κ2) is 6.44. The summed E-state index contributed by atoms with van der Waals surface area (Å²) >= 11 is 5.97. The van der Waals surface area contributed by atoms with Gasteiger partial charge >= 0.3 is 6.18 Å². The maximum Gasteiger partial charge on any atom is 0.416 e. The Bertz CT molecular complexity index is 973. The summed E-state index contributed by atoms with van der Waals surface area (Å²) in [6.07, 6.45) is -2.85. The molecule has 3 rings (SSSR count). The van der Waals surface area contributed by atoms with Crippen LogP contribution in [0.5, 0.6) is 0 Å². The average molecular weight is 367 g/mol. The Balaban J connectivity index is 2.20. The van der Waals surface area contributed by atoms with E-state index in [1.807, 2.05) is 6.92 Å². The maximum atomic E-state index is 13.0. The van der Waals surface area contributed by atoms with Crippen LogP contribution in [0.2, 0.25) is 5.02 Å². The summed E-state index contributed by atoms with van der Waals surface area (Å²) in [5.41, 5.74) is -0.0457. The molecule has 130 valence electrons. The SMILES string of the molecule is CCn1cc(-c2cccc(Cl)c2)c(=O)n1-c1cccc(C(F)(F)F)c1. The maximum absolute atomic E-state index is 13.0. The van der Waals surface area contributed by atoms with Gasteiger partial charge in [-0.2, -0.15) is 13.2 Å². The Morgan fingerprint density at radius 2 is 1.80 bits per heavy atom. The van der Waals surface area contributed by atoms with Crippen molar-refractivity contribution in [3.05, 3.63) is 75.7 Å². The summed E-state index contributed by atoms with van der Waals surface area (Å²) in [7, 11) is 0. The molecule has 0 bridgehead atoms. The van der Waals surface area contributed by atoms with Crippen LogP contribution in [0.1, 0.15) is 12.5 Å². The number of aromatic nitrogens is 2. The zero-order valence-corrected chi connectivity index (χ0v) is 14.0. The molecule has 0 aliphatic carbocycles. The van der Waals surface area contributed by atoms with Crippen LogP contribution in [0.25, 0.3) is 16.8 Å². The van der Waals surface area contributed by atoms with Crippen molar-refractivity contribution in [1.29, 1.82) is 0 Å². The molecule has 1 aromatic heterocycles. The van der Waals surface area contributed by atoms with Gasteiger partial charge in [-0.3, -0.25) is 9.48 Å². The van der Waals surface area contributed by atoms with Gasteiger partial charge in [-0.15, -0.1) is 0 Å². The minimum atomic E-state index is -4.47. The molecule has 0 amide bonds. The molecule has 0 unspecified atom stereocenters. The topological polar surface area (TPSA) is 26.9 Å². The van der Waals surface area contributed by atoms with Gasteiger partial charge in [0.15, 0.2) is 0 Å². The summed E-state index contributed by atoms with van der Waals surface area (Å²) in [6, 6.07) is 11.5. The summed E-state index contributed by atoms with van der Waals surface area (Å²) in [4.78, 5) is 12.8. The van der Waals surface area contributed by atoms with Crippen molar-refractivity contribution in [3.63, 3.8) is 0 Å². The second-order valence-electron chi connectivity index (χ2n) is 5.47. The number of alkyl halides is 3. The van der Waals surface area contributed by atoms with Gasteiger partial charge in [-0.1, -0.05) is 29.8 Å². The lowest BCUT2D eigenvalue weighted by molar-refractivity contribution is -0.137. The van der Waals surface area contributed by atoms with Crippen molar-refractivity contribution in [2.45, 2.75) is 19.6 Å². The van der Waals surface area contributed by atoms with Gasteiger partial charge in [0.25, 0.3) is 5.56 Å². The molecule has 0 N–H and O–H groups in total. The Hall–Kier alpha value is -2.47. The molecule has 25 heavy (non-hydrogen) atoms. The Labute approximate surface area is 146 Å². The normalized spacial score (nSPS) is 11.7. The minimum Gasteiger partial charge on any atom is -0.285 e. The number of benzene rings is 2. The van der Waals surface area contributed by atoms with Crippen LogP contribution in [-0.4, -0.2) is 9.36 Å². The van der Waals surface area contributed by atoms with Crippen molar-refractivity contribution < 1.29 is 13.2 Å². The predicted octanol–water partition coefficient (Wildman–Crippen LogP) is 5.00. The first-order valence-electron chi connectivity index (χ1n) is 7.57. The standard InChI is InChI=1S/C18H14ClF3N2O/c1-2-23-11-16(12-5-3-7-14(19)9-12)17(25)24(23)15-8-4-6-13(10-15)18(20,21)22/h3-11H,2H2,1H3. The summed E-state index contributed by atoms with van der Waals surface area (Å²) in [6.45, 7) is 2.23. The van der Waals surface area contributed by atoms with Gasteiger partial charge in [-0.25, -0.2) is 4.68 Å². The molecule has 0 saturated carbocycles. The highest BCUT2D eigenvalue weighted by Gasteiger charge is 2.30. The number of halogens is 4. The van der Waals surface area contributed by atoms with Gasteiger partial charge in [0.1, 0.15) is 0 Å². The lowest BCUT2D eigenvalue weighted by atomic mass is 10.1. The summed E-state index contributed by atoms with van der Waals surface area (Å²) < 4.78 is 41.7. The lowest BCUT2D eigenvalue weighted by Crippen LogP contribution is -2.21. The highest BCUT2D eigenvalue weighted by atomic mass is 35.5. The fourth-order valence-corrected chi connectivity index (χ4v) is 2.85. The van der Waals surface area contributed by atoms with E-state index in [0.717, 1.165) is 12.1 Å². The van der Waals surface area contributed by atoms with Gasteiger partial charge in [0.05, 0.1) is 16.8 Å². The number of hydrogen-bond donors (Lipinski definition) is 0. The third-order valence-corrected chi connectivity index (χ3v) is 4.07. The molecule has 3 nitrogen and oxygen atoms in total. The van der Waals surface area contributed by atoms with E-state index in [-0.39, 0.29) is 5.69 Å². The van der Waals surface area contributed by atoms with Crippen molar-refractivity contribution >= 4 is 11.6 Å². The number of rotatable bonds is 3. The van der Waals surface area contributed by atoms with Gasteiger partial charge in [-0.05, 0) is 42.8 Å². The van der Waals surface area contributed by atoms with Crippen molar-refractivity contribution in [2.24, 2.45) is 0 Å². The highest BCUT2D eigenvalue weighted by Crippen LogP contribution is 2.30. The van der Waals surface area contributed by atoms with E-state index >= 15 is 0 Å². The summed E-state index contributed by atoms with van der Waals surface area (Å²) in [5, 5.41) is 0.478. The molecule has 0 spiro atoms. The van der Waals surface area contributed by atoms with Crippen molar-refractivity contribution in [1.82, 2.24) is 9.36 Å². The van der Waals surface area contributed by atoms with Crippen LogP contribution < -0.4 is 5.56 Å². The van der Waals surface area contributed by atoms with Gasteiger partial charge in [0, 0.05) is 17.8 Å². The minimum absolute atomic E-state index is 0.162. The molecule has 2 aromatic carbocycles. The van der Waals surface area contributed by atoms with Gasteiger partial charge < -0.3 is 0 Å². The third kappa shape index (κ3) is 3.35. The predicted molar refractivity (Wildman–Crippen MR) is 91.2 cm³/mol. The molecular weight excluding hydrogens is 353 g/mol. The van der Waals surface area contributed by atoms with E-state index < -0.39 is 17.3 Å². The van der Waals surface area contributed by atoms with E-state index in [2.05, 4.69) is 0 Å².